The van der Waals surface area contributed by atoms with E-state index >= 15 is 0 Å². The van der Waals surface area contributed by atoms with E-state index in [9.17, 15) is 19.5 Å². The van der Waals surface area contributed by atoms with Crippen molar-refractivity contribution in [2.24, 2.45) is 17.8 Å². The van der Waals surface area contributed by atoms with E-state index in [0.29, 0.717) is 44.0 Å². The first-order valence-corrected chi connectivity index (χ1v) is 16.4. The number of hydrogen-bond donors (Lipinski definition) is 1. The number of carbonyl (C=O) groups excluding carboxylic acids is 3. The monoisotopic (exact) mass is 609 g/mol. The Labute approximate surface area is 262 Å². The molecule has 1 N–H and O–H groups in total. The van der Waals surface area contributed by atoms with E-state index in [1.54, 1.807) is 26.9 Å². The van der Waals surface area contributed by atoms with Gasteiger partial charge < -0.3 is 29.3 Å². The molecule has 1 aromatic carbocycles. The number of likely N-dealkylation sites (tertiary alicyclic amines) is 1. The first-order chi connectivity index (χ1) is 21.2. The Kier molecular flexibility index (Phi) is 11.3. The third kappa shape index (κ3) is 6.05. The molecular weight excluding hydrogens is 558 g/mol. The van der Waals surface area contributed by atoms with Crippen LogP contribution in [0.3, 0.4) is 0 Å². The number of aliphatic hydroxyl groups excluding tert-OH is 1. The van der Waals surface area contributed by atoms with Crippen molar-refractivity contribution in [3.8, 4) is 5.75 Å². The number of nitrogens with zero attached hydrogens (tertiary/aromatic N) is 3. The van der Waals surface area contributed by atoms with Crippen molar-refractivity contribution in [3.05, 3.63) is 49.6 Å². The fraction of sp³-hybridized carbons (Fsp3) is 0.629. The normalized spacial score (nSPS) is 26.7. The van der Waals surface area contributed by atoms with Crippen LogP contribution in [-0.4, -0.2) is 89.3 Å². The number of fused-ring (bicyclic) bond motifs is 1. The second-order valence-corrected chi connectivity index (χ2v) is 12.4. The Morgan fingerprint density at radius 1 is 1.14 bits per heavy atom. The zero-order valence-electron chi connectivity index (χ0n) is 27.0. The van der Waals surface area contributed by atoms with E-state index in [0.717, 1.165) is 25.7 Å². The van der Waals surface area contributed by atoms with Gasteiger partial charge in [0.2, 0.25) is 17.7 Å². The predicted octanol–water partition coefficient (Wildman–Crippen LogP) is 4.59. The van der Waals surface area contributed by atoms with Crippen LogP contribution in [0.5, 0.6) is 5.75 Å². The van der Waals surface area contributed by atoms with E-state index in [-0.39, 0.29) is 36.8 Å². The lowest BCUT2D eigenvalue weighted by atomic mass is 9.70. The second kappa shape index (κ2) is 14.7. The topological polar surface area (TPSA) is 99.6 Å². The van der Waals surface area contributed by atoms with Gasteiger partial charge in [-0.1, -0.05) is 52.2 Å². The third-order valence-electron chi connectivity index (χ3n) is 9.83. The van der Waals surface area contributed by atoms with Crippen LogP contribution in [0, 0.1) is 17.8 Å². The second-order valence-electron chi connectivity index (χ2n) is 12.4. The van der Waals surface area contributed by atoms with Crippen LogP contribution in [0.1, 0.15) is 66.2 Å². The first kappa shape index (κ1) is 33.7. The van der Waals surface area contributed by atoms with Gasteiger partial charge in [-0.2, -0.15) is 0 Å². The van der Waals surface area contributed by atoms with E-state index < -0.39 is 35.6 Å². The standard InChI is InChI=1S/C35H51N3O6/c1-7-12-13-22-36(20-8-2)34(42)31-35-19-18-28(44-35)29(30(35)33(41)38(31)27(23-39)24(6)10-4)32(40)37(21-9-3)25-14-16-26(17-15-25)43-11-5/h8-9,14-17,24,27-31,39H,2-3,7,10-13,18-23H2,1,4-6H3/t24-,27-,28+,29-,30-,31?,35?/m0/s1. The number of anilines is 1. The summed E-state index contributed by atoms with van der Waals surface area (Å²) in [6, 6.07) is 5.82. The molecule has 9 heteroatoms. The number of unbranched alkanes of at least 4 members (excludes halogenated alkanes) is 2. The molecule has 2 unspecified atom stereocenters. The molecule has 4 rings (SSSR count). The molecule has 2 bridgehead atoms. The Balaban J connectivity index is 1.76. The van der Waals surface area contributed by atoms with Gasteiger partial charge in [0.15, 0.2) is 0 Å². The molecule has 242 valence electrons. The maximum absolute atomic E-state index is 14.6. The van der Waals surface area contributed by atoms with Crippen LogP contribution in [-0.2, 0) is 19.1 Å². The highest BCUT2D eigenvalue weighted by atomic mass is 16.5. The van der Waals surface area contributed by atoms with Gasteiger partial charge >= 0.3 is 0 Å². The molecule has 1 spiro atoms. The summed E-state index contributed by atoms with van der Waals surface area (Å²) in [5, 5.41) is 10.6. The van der Waals surface area contributed by atoms with Crippen LogP contribution >= 0.6 is 0 Å². The van der Waals surface area contributed by atoms with Gasteiger partial charge in [-0.25, -0.2) is 0 Å². The average Bonchev–Trinajstić information content (AvgIpc) is 3.67. The van der Waals surface area contributed by atoms with Gasteiger partial charge in [-0.15, -0.1) is 13.2 Å². The van der Waals surface area contributed by atoms with Crippen molar-refractivity contribution >= 4 is 23.4 Å². The van der Waals surface area contributed by atoms with Crippen LogP contribution < -0.4 is 9.64 Å². The van der Waals surface area contributed by atoms with Gasteiger partial charge in [0.25, 0.3) is 0 Å². The van der Waals surface area contributed by atoms with Crippen LogP contribution in [0.25, 0.3) is 0 Å². The number of carbonyl (C=O) groups is 3. The van der Waals surface area contributed by atoms with Crippen molar-refractivity contribution in [2.75, 3.05) is 37.7 Å². The number of amides is 3. The number of ether oxygens (including phenoxy) is 2. The van der Waals surface area contributed by atoms with Crippen LogP contribution in [0.2, 0.25) is 0 Å². The highest BCUT2D eigenvalue weighted by Crippen LogP contribution is 2.59. The molecule has 9 nitrogen and oxygen atoms in total. The Morgan fingerprint density at radius 3 is 2.43 bits per heavy atom. The minimum absolute atomic E-state index is 0.0603. The third-order valence-corrected chi connectivity index (χ3v) is 9.83. The van der Waals surface area contributed by atoms with E-state index in [4.69, 9.17) is 9.47 Å². The Hall–Kier alpha value is -3.17. The van der Waals surface area contributed by atoms with Crippen LogP contribution in [0.15, 0.2) is 49.6 Å². The molecule has 3 aliphatic rings. The number of aliphatic hydroxyl groups is 1. The fourth-order valence-corrected chi connectivity index (χ4v) is 7.52. The summed E-state index contributed by atoms with van der Waals surface area (Å²) < 4.78 is 12.3. The molecule has 0 saturated carbocycles. The van der Waals surface area contributed by atoms with Gasteiger partial charge in [-0.3, -0.25) is 14.4 Å². The van der Waals surface area contributed by atoms with Gasteiger partial charge in [-0.05, 0) is 56.4 Å². The van der Waals surface area contributed by atoms with Crippen LogP contribution in [0.4, 0.5) is 5.69 Å². The molecule has 44 heavy (non-hydrogen) atoms. The minimum atomic E-state index is -1.14. The van der Waals surface area contributed by atoms with Crippen molar-refractivity contribution in [2.45, 2.75) is 90.0 Å². The molecule has 3 saturated heterocycles. The predicted molar refractivity (Wildman–Crippen MR) is 171 cm³/mol. The van der Waals surface area contributed by atoms with Gasteiger partial charge in [0.1, 0.15) is 17.4 Å². The fourth-order valence-electron chi connectivity index (χ4n) is 7.52. The summed E-state index contributed by atoms with van der Waals surface area (Å²) in [7, 11) is 0. The molecular formula is C35H51N3O6. The van der Waals surface area contributed by atoms with Gasteiger partial charge in [0, 0.05) is 25.3 Å². The molecule has 0 aromatic heterocycles. The summed E-state index contributed by atoms with van der Waals surface area (Å²) >= 11 is 0. The average molecular weight is 610 g/mol. The largest absolute Gasteiger partial charge is 0.494 e. The summed E-state index contributed by atoms with van der Waals surface area (Å²) in [6.07, 6.45) is 7.53. The zero-order valence-corrected chi connectivity index (χ0v) is 27.0. The SMILES string of the molecule is C=CCN(CCCCC)C(=O)C1N([C@@H](CO)[C@@H](C)CC)C(=O)[C@@H]2[C@@H](C(=O)N(CC=C)c3ccc(OCC)cc3)[C@H]3CCC12O3. The van der Waals surface area contributed by atoms with E-state index in [1.165, 1.54) is 0 Å². The summed E-state index contributed by atoms with van der Waals surface area (Å²) in [4.78, 5) is 48.7. The van der Waals surface area contributed by atoms with Crippen molar-refractivity contribution < 1.29 is 29.0 Å². The highest BCUT2D eigenvalue weighted by molar-refractivity contribution is 6.03. The summed E-state index contributed by atoms with van der Waals surface area (Å²) in [5.74, 6) is -1.63. The van der Waals surface area contributed by atoms with E-state index in [1.807, 2.05) is 45.0 Å². The van der Waals surface area contributed by atoms with Crippen molar-refractivity contribution in [1.82, 2.24) is 9.80 Å². The lowest BCUT2D eigenvalue weighted by molar-refractivity contribution is -0.152. The highest BCUT2D eigenvalue weighted by Gasteiger charge is 2.75. The minimum Gasteiger partial charge on any atom is -0.494 e. The Morgan fingerprint density at radius 2 is 1.84 bits per heavy atom. The first-order valence-electron chi connectivity index (χ1n) is 16.4. The maximum Gasteiger partial charge on any atom is 0.248 e. The lowest BCUT2D eigenvalue weighted by Crippen LogP contribution is -2.59. The maximum atomic E-state index is 14.6. The summed E-state index contributed by atoms with van der Waals surface area (Å²) in [5.41, 5.74) is -0.464. The number of rotatable bonds is 17. The molecule has 3 heterocycles. The lowest BCUT2D eigenvalue weighted by Gasteiger charge is -2.41. The Bertz CT molecular complexity index is 1190. The molecule has 3 fully saturated rings. The smallest absolute Gasteiger partial charge is 0.248 e. The van der Waals surface area contributed by atoms with Crippen molar-refractivity contribution in [1.29, 1.82) is 0 Å². The molecule has 7 atom stereocenters. The number of benzene rings is 1. The molecule has 3 aliphatic heterocycles. The van der Waals surface area contributed by atoms with E-state index in [2.05, 4.69) is 20.1 Å². The summed E-state index contributed by atoms with van der Waals surface area (Å²) in [6.45, 7) is 17.2. The molecule has 0 aliphatic carbocycles. The molecule has 1 aromatic rings. The molecule has 0 radical (unpaired) electrons. The zero-order chi connectivity index (χ0) is 32.0. The molecule has 3 amide bonds. The van der Waals surface area contributed by atoms with Gasteiger partial charge in [0.05, 0.1) is 37.2 Å². The quantitative estimate of drug-likeness (QED) is 0.205. The number of hydrogen-bond acceptors (Lipinski definition) is 6. The van der Waals surface area contributed by atoms with Crippen molar-refractivity contribution in [3.63, 3.8) is 0 Å².